The number of methoxy groups -OCH3 is 2. The fourth-order valence-corrected chi connectivity index (χ4v) is 2.67. The summed E-state index contributed by atoms with van der Waals surface area (Å²) in [6, 6.07) is 14.9. The Morgan fingerprint density at radius 1 is 1.07 bits per heavy atom. The van der Waals surface area contributed by atoms with Crippen molar-refractivity contribution in [1.29, 1.82) is 0 Å². The quantitative estimate of drug-likeness (QED) is 0.560. The molecule has 0 saturated heterocycles. The number of hydrogen-bond acceptors (Lipinski definition) is 6. The molecule has 0 bridgehead atoms. The molecule has 1 N–H and O–H groups in total. The first-order chi connectivity index (χ1) is 13.7. The second-order valence-corrected chi connectivity index (χ2v) is 5.95. The van der Waals surface area contributed by atoms with Crippen LogP contribution in [-0.4, -0.2) is 31.9 Å². The van der Waals surface area contributed by atoms with Gasteiger partial charge in [-0.25, -0.2) is 0 Å². The van der Waals surface area contributed by atoms with Crippen LogP contribution in [0.2, 0.25) is 0 Å². The first kappa shape index (κ1) is 19.3. The minimum Gasteiger partial charge on any atom is -0.494 e. The zero-order valence-corrected chi connectivity index (χ0v) is 15.8. The lowest BCUT2D eigenvalue weighted by molar-refractivity contribution is -0.116. The van der Waals surface area contributed by atoms with E-state index in [1.54, 1.807) is 32.5 Å². The van der Waals surface area contributed by atoms with Gasteiger partial charge in [0.05, 0.1) is 32.6 Å². The molecule has 1 amide bonds. The van der Waals surface area contributed by atoms with Gasteiger partial charge in [-0.2, -0.15) is 0 Å². The third-order valence-electron chi connectivity index (χ3n) is 4.08. The van der Waals surface area contributed by atoms with Crippen LogP contribution in [0.15, 0.2) is 59.3 Å². The van der Waals surface area contributed by atoms with Gasteiger partial charge in [0, 0.05) is 6.42 Å². The van der Waals surface area contributed by atoms with Crippen molar-refractivity contribution in [2.45, 2.75) is 12.8 Å². The minimum absolute atomic E-state index is 0.171. The van der Waals surface area contributed by atoms with Crippen LogP contribution in [0.3, 0.4) is 0 Å². The molecule has 0 saturated carbocycles. The molecule has 0 aliphatic carbocycles. The van der Waals surface area contributed by atoms with Gasteiger partial charge in [-0.05, 0) is 36.2 Å². The van der Waals surface area contributed by atoms with Crippen LogP contribution in [-0.2, 0) is 4.79 Å². The van der Waals surface area contributed by atoms with Gasteiger partial charge in [0.25, 0.3) is 0 Å². The van der Waals surface area contributed by atoms with Gasteiger partial charge in [-0.3, -0.25) is 10.1 Å². The summed E-state index contributed by atoms with van der Waals surface area (Å²) in [5.41, 5.74) is 1.46. The number of hydrogen-bond donors (Lipinski definition) is 1. The third kappa shape index (κ3) is 4.82. The zero-order valence-electron chi connectivity index (χ0n) is 15.8. The lowest BCUT2D eigenvalue weighted by atomic mass is 10.1. The van der Waals surface area contributed by atoms with E-state index in [0.717, 1.165) is 11.3 Å². The predicted octanol–water partition coefficient (Wildman–Crippen LogP) is 4.16. The summed E-state index contributed by atoms with van der Waals surface area (Å²) < 4.78 is 21.4. The van der Waals surface area contributed by atoms with Crippen LogP contribution in [0, 0.1) is 0 Å². The van der Waals surface area contributed by atoms with Gasteiger partial charge in [0.2, 0.25) is 11.8 Å². The van der Waals surface area contributed by atoms with E-state index in [4.69, 9.17) is 18.7 Å². The number of amides is 1. The molecular formula is C21H22N2O5. The lowest BCUT2D eigenvalue weighted by Crippen LogP contribution is -2.13. The molecule has 3 rings (SSSR count). The molecule has 1 aromatic heterocycles. The lowest BCUT2D eigenvalue weighted by Gasteiger charge is -2.09. The van der Waals surface area contributed by atoms with Crippen molar-refractivity contribution in [1.82, 2.24) is 5.16 Å². The number of carbonyl (C=O) groups is 1. The summed E-state index contributed by atoms with van der Waals surface area (Å²) in [6.45, 7) is 0.455. The highest BCUT2D eigenvalue weighted by molar-refractivity contribution is 5.93. The van der Waals surface area contributed by atoms with Gasteiger partial charge in [-0.1, -0.05) is 29.4 Å². The Kier molecular flexibility index (Phi) is 6.51. The second-order valence-electron chi connectivity index (χ2n) is 5.95. The Morgan fingerprint density at radius 2 is 1.86 bits per heavy atom. The van der Waals surface area contributed by atoms with E-state index in [2.05, 4.69) is 10.5 Å². The van der Waals surface area contributed by atoms with E-state index in [9.17, 15) is 4.79 Å². The van der Waals surface area contributed by atoms with Crippen molar-refractivity contribution in [2.75, 3.05) is 26.1 Å². The monoisotopic (exact) mass is 382 g/mol. The van der Waals surface area contributed by atoms with Crippen molar-refractivity contribution >= 4 is 11.8 Å². The maximum atomic E-state index is 12.2. The normalized spacial score (nSPS) is 10.4. The Balaban J connectivity index is 1.57. The minimum atomic E-state index is -0.171. The van der Waals surface area contributed by atoms with Gasteiger partial charge < -0.3 is 18.7 Å². The number of aromatic nitrogens is 1. The summed E-state index contributed by atoms with van der Waals surface area (Å²) in [7, 11) is 3.14. The van der Waals surface area contributed by atoms with E-state index >= 15 is 0 Å². The van der Waals surface area contributed by atoms with E-state index in [-0.39, 0.29) is 5.91 Å². The maximum absolute atomic E-state index is 12.2. The van der Waals surface area contributed by atoms with Crippen LogP contribution in [0.25, 0.3) is 11.1 Å². The van der Waals surface area contributed by atoms with E-state index in [0.29, 0.717) is 42.4 Å². The van der Waals surface area contributed by atoms with Crippen molar-refractivity contribution in [2.24, 2.45) is 0 Å². The zero-order chi connectivity index (χ0) is 19.8. The summed E-state index contributed by atoms with van der Waals surface area (Å²) in [6.07, 6.45) is 2.44. The van der Waals surface area contributed by atoms with Gasteiger partial charge in [-0.15, -0.1) is 0 Å². The molecule has 146 valence electrons. The molecule has 3 aromatic rings. The second kappa shape index (κ2) is 9.45. The highest BCUT2D eigenvalue weighted by atomic mass is 16.5. The largest absolute Gasteiger partial charge is 0.494 e. The number of anilines is 1. The summed E-state index contributed by atoms with van der Waals surface area (Å²) in [5.74, 6) is 2.11. The van der Waals surface area contributed by atoms with Crippen LogP contribution < -0.4 is 19.5 Å². The first-order valence-electron chi connectivity index (χ1n) is 8.86. The van der Waals surface area contributed by atoms with E-state index in [1.807, 2.05) is 36.4 Å². The number of ether oxygens (including phenoxy) is 3. The molecule has 7 heteroatoms. The SMILES string of the molecule is COc1ccc(-c2cnoc2NC(=O)CCCOc2ccccc2)cc1OC. The Bertz CT molecular complexity index is 908. The van der Waals surface area contributed by atoms with Gasteiger partial charge >= 0.3 is 0 Å². The molecule has 28 heavy (non-hydrogen) atoms. The molecule has 7 nitrogen and oxygen atoms in total. The number of nitrogens with zero attached hydrogens (tertiary/aromatic N) is 1. The number of benzene rings is 2. The average Bonchev–Trinajstić information content (AvgIpc) is 3.19. The summed E-state index contributed by atoms with van der Waals surface area (Å²) >= 11 is 0. The molecule has 1 heterocycles. The number of carbonyl (C=O) groups excluding carboxylic acids is 1. The Morgan fingerprint density at radius 3 is 2.61 bits per heavy atom. The molecule has 0 atom stereocenters. The Hall–Kier alpha value is -3.48. The van der Waals surface area contributed by atoms with Crippen molar-refractivity contribution in [3.05, 3.63) is 54.7 Å². The van der Waals surface area contributed by atoms with Crippen LogP contribution >= 0.6 is 0 Å². The number of para-hydroxylation sites is 1. The smallest absolute Gasteiger partial charge is 0.239 e. The fraction of sp³-hybridized carbons (Fsp3) is 0.238. The van der Waals surface area contributed by atoms with Crippen LogP contribution in [0.4, 0.5) is 5.88 Å². The van der Waals surface area contributed by atoms with Crippen LogP contribution in [0.5, 0.6) is 17.2 Å². The number of rotatable bonds is 9. The molecule has 0 aliphatic heterocycles. The van der Waals surface area contributed by atoms with E-state index in [1.165, 1.54) is 0 Å². The van der Waals surface area contributed by atoms with Gasteiger partial charge in [0.15, 0.2) is 11.5 Å². The van der Waals surface area contributed by atoms with Crippen molar-refractivity contribution in [3.8, 4) is 28.4 Å². The Labute approximate surface area is 163 Å². The topological polar surface area (TPSA) is 82.8 Å². The molecule has 0 aliphatic rings. The first-order valence-corrected chi connectivity index (χ1v) is 8.86. The highest BCUT2D eigenvalue weighted by Gasteiger charge is 2.15. The third-order valence-corrected chi connectivity index (χ3v) is 4.08. The van der Waals surface area contributed by atoms with Crippen LogP contribution in [0.1, 0.15) is 12.8 Å². The molecule has 0 unspecified atom stereocenters. The maximum Gasteiger partial charge on any atom is 0.239 e. The standard InChI is InChI=1S/C21H22N2O5/c1-25-18-11-10-15(13-19(18)26-2)17-14-22-28-21(17)23-20(24)9-6-12-27-16-7-4-3-5-8-16/h3-5,7-8,10-11,13-14H,6,9,12H2,1-2H3,(H,23,24). The molecule has 0 spiro atoms. The van der Waals surface area contributed by atoms with Crippen molar-refractivity contribution in [3.63, 3.8) is 0 Å². The van der Waals surface area contributed by atoms with E-state index < -0.39 is 0 Å². The highest BCUT2D eigenvalue weighted by Crippen LogP contribution is 2.35. The summed E-state index contributed by atoms with van der Waals surface area (Å²) in [5, 5.41) is 6.56. The molecule has 0 radical (unpaired) electrons. The predicted molar refractivity (Wildman–Crippen MR) is 105 cm³/mol. The summed E-state index contributed by atoms with van der Waals surface area (Å²) in [4.78, 5) is 12.2. The molecular weight excluding hydrogens is 360 g/mol. The number of nitrogens with one attached hydrogen (secondary N) is 1. The van der Waals surface area contributed by atoms with Crippen molar-refractivity contribution < 1.29 is 23.5 Å². The van der Waals surface area contributed by atoms with Gasteiger partial charge in [0.1, 0.15) is 5.75 Å². The fourth-order valence-electron chi connectivity index (χ4n) is 2.67. The molecule has 0 fully saturated rings. The average molecular weight is 382 g/mol. The molecule has 2 aromatic carbocycles.